The molecule has 2 saturated heterocycles. The van der Waals surface area contributed by atoms with Crippen LogP contribution in [0.5, 0.6) is 11.5 Å². The van der Waals surface area contributed by atoms with E-state index in [2.05, 4.69) is 9.80 Å². The number of allylic oxidation sites excluding steroid dienone is 1. The minimum atomic E-state index is -0.780. The topological polar surface area (TPSA) is 88.5 Å². The molecule has 8 nitrogen and oxygen atoms in total. The van der Waals surface area contributed by atoms with Crippen molar-refractivity contribution in [2.75, 3.05) is 33.2 Å². The largest absolute Gasteiger partial charge is 0.497 e. The van der Waals surface area contributed by atoms with E-state index in [1.807, 2.05) is 72.4 Å². The monoisotopic (exact) mass is 582 g/mol. The van der Waals surface area contributed by atoms with Gasteiger partial charge in [-0.1, -0.05) is 49.3 Å². The molecule has 4 rings (SSSR count). The Balaban J connectivity index is 1.32. The number of unbranched alkanes of at least 4 members (excludes halogenated alkanes) is 2. The molecule has 0 saturated carbocycles. The normalized spacial score (nSPS) is 20.1. The first-order chi connectivity index (χ1) is 20.0. The van der Waals surface area contributed by atoms with Gasteiger partial charge in [0.2, 0.25) is 0 Å². The maximum absolute atomic E-state index is 13.8. The highest BCUT2D eigenvalue weighted by molar-refractivity contribution is 8.00. The van der Waals surface area contributed by atoms with Crippen molar-refractivity contribution in [3.63, 3.8) is 0 Å². The second-order valence-corrected chi connectivity index (χ2v) is 11.8. The molecule has 222 valence electrons. The SMILES string of the molecule is COc1ccc(CN2C(=O)N(Cc3ccc(OC)cc3)[C@H]3CS[C@@H](CCCCCOC/C=C/CCC(=O)O)[C@H]32)cc1. The molecule has 2 amide bonds. The molecule has 0 bridgehead atoms. The van der Waals surface area contributed by atoms with Crippen LogP contribution in [-0.4, -0.2) is 77.4 Å². The number of ether oxygens (including phenoxy) is 3. The number of carboxylic acids is 1. The van der Waals surface area contributed by atoms with E-state index in [1.165, 1.54) is 0 Å². The van der Waals surface area contributed by atoms with E-state index < -0.39 is 5.97 Å². The third-order valence-corrected chi connectivity index (χ3v) is 9.19. The summed E-state index contributed by atoms with van der Waals surface area (Å²) in [4.78, 5) is 28.5. The van der Waals surface area contributed by atoms with Gasteiger partial charge < -0.3 is 29.1 Å². The van der Waals surface area contributed by atoms with E-state index in [1.54, 1.807) is 14.2 Å². The summed E-state index contributed by atoms with van der Waals surface area (Å²) in [5.74, 6) is 1.80. The number of rotatable bonds is 17. The minimum Gasteiger partial charge on any atom is -0.497 e. The van der Waals surface area contributed by atoms with Gasteiger partial charge in [0.05, 0.1) is 32.9 Å². The Morgan fingerprint density at radius 1 is 0.927 bits per heavy atom. The molecule has 0 unspecified atom stereocenters. The maximum atomic E-state index is 13.8. The molecule has 0 radical (unpaired) electrons. The van der Waals surface area contributed by atoms with Crippen LogP contribution in [0.25, 0.3) is 0 Å². The summed E-state index contributed by atoms with van der Waals surface area (Å²) in [6, 6.07) is 16.5. The van der Waals surface area contributed by atoms with Crippen LogP contribution < -0.4 is 9.47 Å². The smallest absolute Gasteiger partial charge is 0.321 e. The van der Waals surface area contributed by atoms with Gasteiger partial charge in [-0.3, -0.25) is 4.79 Å². The maximum Gasteiger partial charge on any atom is 0.321 e. The highest BCUT2D eigenvalue weighted by Crippen LogP contribution is 2.43. The number of carboxylic acid groups (broad SMARTS) is 1. The van der Waals surface area contributed by atoms with Crippen molar-refractivity contribution in [1.82, 2.24) is 9.80 Å². The van der Waals surface area contributed by atoms with Crippen LogP contribution in [0.4, 0.5) is 4.79 Å². The Kier molecular flexibility index (Phi) is 11.8. The van der Waals surface area contributed by atoms with Crippen LogP contribution in [0.1, 0.15) is 49.7 Å². The Morgan fingerprint density at radius 3 is 2.17 bits per heavy atom. The van der Waals surface area contributed by atoms with Crippen LogP contribution in [0.2, 0.25) is 0 Å². The lowest BCUT2D eigenvalue weighted by molar-refractivity contribution is -0.136. The zero-order chi connectivity index (χ0) is 29.0. The fraction of sp³-hybridized carbons (Fsp3) is 0.500. The van der Waals surface area contributed by atoms with E-state index in [-0.39, 0.29) is 24.5 Å². The van der Waals surface area contributed by atoms with Gasteiger partial charge in [0, 0.05) is 37.1 Å². The van der Waals surface area contributed by atoms with E-state index in [0.29, 0.717) is 38.0 Å². The van der Waals surface area contributed by atoms with E-state index in [0.717, 1.165) is 54.1 Å². The number of methoxy groups -OCH3 is 2. The Morgan fingerprint density at radius 2 is 1.56 bits per heavy atom. The predicted molar refractivity (Wildman–Crippen MR) is 162 cm³/mol. The van der Waals surface area contributed by atoms with Crippen molar-refractivity contribution in [2.45, 2.75) is 68.9 Å². The van der Waals surface area contributed by atoms with Crippen molar-refractivity contribution in [2.24, 2.45) is 0 Å². The van der Waals surface area contributed by atoms with Crippen molar-refractivity contribution >= 4 is 23.8 Å². The number of urea groups is 1. The average molecular weight is 583 g/mol. The Labute approximate surface area is 247 Å². The molecule has 2 aromatic rings. The summed E-state index contributed by atoms with van der Waals surface area (Å²) in [6.07, 6.45) is 8.69. The number of hydrogen-bond donors (Lipinski definition) is 1. The first-order valence-electron chi connectivity index (χ1n) is 14.4. The first-order valence-corrected chi connectivity index (χ1v) is 15.4. The van der Waals surface area contributed by atoms with Crippen molar-refractivity contribution in [1.29, 1.82) is 0 Å². The molecular formula is C32H42N2O6S. The second kappa shape index (κ2) is 15.7. The molecule has 1 N–H and O–H groups in total. The van der Waals surface area contributed by atoms with Crippen LogP contribution >= 0.6 is 11.8 Å². The predicted octanol–water partition coefficient (Wildman–Crippen LogP) is 5.99. The molecule has 2 heterocycles. The van der Waals surface area contributed by atoms with Gasteiger partial charge in [-0.15, -0.1) is 0 Å². The quantitative estimate of drug-likeness (QED) is 0.139. The lowest BCUT2D eigenvalue weighted by Gasteiger charge is -2.27. The van der Waals surface area contributed by atoms with E-state index in [9.17, 15) is 9.59 Å². The van der Waals surface area contributed by atoms with Gasteiger partial charge in [-0.2, -0.15) is 11.8 Å². The molecule has 3 atom stereocenters. The molecule has 2 aliphatic heterocycles. The molecule has 2 aliphatic rings. The van der Waals surface area contributed by atoms with Gasteiger partial charge in [-0.05, 0) is 54.7 Å². The standard InChI is InChI=1S/C32H42N2O6S/c1-38-26-15-11-24(12-16-26)21-33-28-23-41-29(9-5-3-7-19-40-20-8-4-6-10-30(35)36)31(28)34(32(33)37)22-25-13-17-27(39-2)18-14-25/h4,8,11-18,28-29,31H,3,5-7,9-10,19-23H2,1-2H3,(H,35,36)/b8-4+/t28-,29-,31-/m0/s1. The lowest BCUT2D eigenvalue weighted by Crippen LogP contribution is -2.40. The third-order valence-electron chi connectivity index (χ3n) is 7.71. The fourth-order valence-corrected chi connectivity index (χ4v) is 7.20. The zero-order valence-electron chi connectivity index (χ0n) is 24.1. The Hall–Kier alpha value is -3.17. The number of hydrogen-bond acceptors (Lipinski definition) is 6. The highest BCUT2D eigenvalue weighted by Gasteiger charge is 2.52. The number of thioether (sulfide) groups is 1. The van der Waals surface area contributed by atoms with Crippen LogP contribution in [0, 0.1) is 0 Å². The first kappa shape index (κ1) is 30.8. The average Bonchev–Trinajstić information content (AvgIpc) is 3.50. The number of carbonyl (C=O) groups is 2. The molecule has 0 aliphatic carbocycles. The molecule has 41 heavy (non-hydrogen) atoms. The molecule has 0 aromatic heterocycles. The molecule has 2 fully saturated rings. The highest BCUT2D eigenvalue weighted by atomic mass is 32.2. The van der Waals surface area contributed by atoms with Crippen molar-refractivity contribution in [3.8, 4) is 11.5 Å². The lowest BCUT2D eigenvalue weighted by atomic mass is 10.0. The van der Waals surface area contributed by atoms with Crippen LogP contribution in [-0.2, 0) is 22.6 Å². The Bertz CT molecular complexity index is 1140. The van der Waals surface area contributed by atoms with E-state index in [4.69, 9.17) is 19.3 Å². The van der Waals surface area contributed by atoms with Gasteiger partial charge in [-0.25, -0.2) is 4.79 Å². The van der Waals surface area contributed by atoms with Crippen molar-refractivity contribution in [3.05, 3.63) is 71.8 Å². The number of carbonyl (C=O) groups excluding carboxylic acids is 1. The minimum absolute atomic E-state index is 0.113. The summed E-state index contributed by atoms with van der Waals surface area (Å²) < 4.78 is 16.3. The second-order valence-electron chi connectivity index (χ2n) is 10.5. The summed E-state index contributed by atoms with van der Waals surface area (Å²) in [6.45, 7) is 2.41. The van der Waals surface area contributed by atoms with Crippen molar-refractivity contribution < 1.29 is 28.9 Å². The third kappa shape index (κ3) is 8.66. The number of nitrogens with zero attached hydrogens (tertiary/aromatic N) is 2. The number of fused-ring (bicyclic) bond motifs is 1. The van der Waals surface area contributed by atoms with Gasteiger partial charge in [0.15, 0.2) is 0 Å². The molecule has 0 spiro atoms. The van der Waals surface area contributed by atoms with Gasteiger partial charge >= 0.3 is 12.0 Å². The molecular weight excluding hydrogens is 540 g/mol. The fourth-order valence-electron chi connectivity index (χ4n) is 5.52. The molecule has 9 heteroatoms. The summed E-state index contributed by atoms with van der Waals surface area (Å²) >= 11 is 2.00. The van der Waals surface area contributed by atoms with Gasteiger partial charge in [0.25, 0.3) is 0 Å². The summed E-state index contributed by atoms with van der Waals surface area (Å²) in [5, 5.41) is 9.07. The summed E-state index contributed by atoms with van der Waals surface area (Å²) in [7, 11) is 3.32. The van der Waals surface area contributed by atoms with Crippen LogP contribution in [0.15, 0.2) is 60.7 Å². The number of benzene rings is 2. The number of aliphatic carboxylic acids is 1. The molecule has 2 aromatic carbocycles. The van der Waals surface area contributed by atoms with E-state index >= 15 is 0 Å². The van der Waals surface area contributed by atoms with Gasteiger partial charge in [0.1, 0.15) is 11.5 Å². The van der Waals surface area contributed by atoms with Crippen LogP contribution in [0.3, 0.4) is 0 Å². The summed E-state index contributed by atoms with van der Waals surface area (Å²) in [5.41, 5.74) is 2.21. The zero-order valence-corrected chi connectivity index (χ0v) is 24.9. The number of amides is 2.